The fourth-order valence-corrected chi connectivity index (χ4v) is 2.57. The maximum Gasteiger partial charge on any atom is 0.0638 e. The highest BCUT2D eigenvalue weighted by Gasteiger charge is 2.27. The van der Waals surface area contributed by atoms with Gasteiger partial charge in [0.25, 0.3) is 0 Å². The van der Waals surface area contributed by atoms with Gasteiger partial charge in [0.2, 0.25) is 0 Å². The molecule has 0 aliphatic carbocycles. The minimum absolute atomic E-state index is 0.488. The van der Waals surface area contributed by atoms with Crippen LogP contribution in [0.25, 0.3) is 0 Å². The molecule has 0 bridgehead atoms. The number of hydrogen-bond donors (Lipinski definition) is 0. The van der Waals surface area contributed by atoms with Crippen LogP contribution in [-0.2, 0) is 0 Å². The summed E-state index contributed by atoms with van der Waals surface area (Å²) >= 11 is 0. The van der Waals surface area contributed by atoms with E-state index in [1.54, 1.807) is 0 Å². The molecule has 1 heterocycles. The van der Waals surface area contributed by atoms with Crippen molar-refractivity contribution in [2.24, 2.45) is 5.92 Å². The summed E-state index contributed by atoms with van der Waals surface area (Å²) in [6.45, 7) is 8.00. The summed E-state index contributed by atoms with van der Waals surface area (Å²) in [5.74, 6) is 0.862. The van der Waals surface area contributed by atoms with Crippen molar-refractivity contribution in [1.29, 1.82) is 5.26 Å². The van der Waals surface area contributed by atoms with Crippen molar-refractivity contribution >= 4 is 0 Å². The summed E-state index contributed by atoms with van der Waals surface area (Å²) < 4.78 is 0. The lowest BCUT2D eigenvalue weighted by Crippen LogP contribution is -2.46. The second kappa shape index (κ2) is 5.36. The van der Waals surface area contributed by atoms with Gasteiger partial charge in [-0.2, -0.15) is 5.26 Å². The number of likely N-dealkylation sites (tertiary alicyclic amines) is 1. The summed E-state index contributed by atoms with van der Waals surface area (Å²) in [5, 5.41) is 8.76. The number of piperidine rings is 1. The van der Waals surface area contributed by atoms with Gasteiger partial charge in [-0.1, -0.05) is 13.8 Å². The van der Waals surface area contributed by atoms with Gasteiger partial charge in [0.15, 0.2) is 0 Å². The standard InChI is InChI=1S/C12H22N2/c1-4-12(5-7-13)14-8-6-10(2)9-11(14)3/h10-12H,4-6,8-9H2,1-3H3. The van der Waals surface area contributed by atoms with E-state index in [9.17, 15) is 0 Å². The fraction of sp³-hybridized carbons (Fsp3) is 0.917. The Bertz CT molecular complexity index is 207. The van der Waals surface area contributed by atoms with Crippen molar-refractivity contribution in [3.05, 3.63) is 0 Å². The summed E-state index contributed by atoms with van der Waals surface area (Å²) in [4.78, 5) is 2.53. The zero-order chi connectivity index (χ0) is 10.6. The van der Waals surface area contributed by atoms with Crippen LogP contribution in [0.1, 0.15) is 46.5 Å². The van der Waals surface area contributed by atoms with Gasteiger partial charge in [0.1, 0.15) is 0 Å². The lowest BCUT2D eigenvalue weighted by molar-refractivity contribution is 0.0813. The predicted molar refractivity (Wildman–Crippen MR) is 58.9 cm³/mol. The average molecular weight is 194 g/mol. The molecular formula is C12H22N2. The molecule has 0 aromatic rings. The molecule has 2 heteroatoms. The van der Waals surface area contributed by atoms with E-state index in [-0.39, 0.29) is 0 Å². The van der Waals surface area contributed by atoms with Crippen LogP contribution in [0.3, 0.4) is 0 Å². The van der Waals surface area contributed by atoms with Crippen molar-refractivity contribution < 1.29 is 0 Å². The molecule has 0 amide bonds. The van der Waals surface area contributed by atoms with Crippen molar-refractivity contribution in [3.8, 4) is 6.07 Å². The van der Waals surface area contributed by atoms with Gasteiger partial charge in [-0.15, -0.1) is 0 Å². The summed E-state index contributed by atoms with van der Waals surface area (Å²) in [5.41, 5.74) is 0. The van der Waals surface area contributed by atoms with Gasteiger partial charge in [-0.05, 0) is 38.6 Å². The third-order valence-corrected chi connectivity index (χ3v) is 3.46. The van der Waals surface area contributed by atoms with Gasteiger partial charge < -0.3 is 0 Å². The lowest BCUT2D eigenvalue weighted by Gasteiger charge is -2.40. The van der Waals surface area contributed by atoms with Crippen LogP contribution in [0.4, 0.5) is 0 Å². The summed E-state index contributed by atoms with van der Waals surface area (Å²) in [6, 6.07) is 3.46. The highest BCUT2D eigenvalue weighted by atomic mass is 15.2. The third-order valence-electron chi connectivity index (χ3n) is 3.46. The molecule has 1 aliphatic heterocycles. The molecule has 0 radical (unpaired) electrons. The topological polar surface area (TPSA) is 27.0 Å². The van der Waals surface area contributed by atoms with Gasteiger partial charge >= 0.3 is 0 Å². The summed E-state index contributed by atoms with van der Waals surface area (Å²) in [7, 11) is 0. The van der Waals surface area contributed by atoms with Crippen molar-refractivity contribution in [3.63, 3.8) is 0 Å². The molecule has 1 saturated heterocycles. The van der Waals surface area contributed by atoms with E-state index in [1.165, 1.54) is 19.4 Å². The van der Waals surface area contributed by atoms with Crippen LogP contribution in [-0.4, -0.2) is 23.5 Å². The zero-order valence-corrected chi connectivity index (χ0v) is 9.66. The molecule has 14 heavy (non-hydrogen) atoms. The molecule has 0 aromatic heterocycles. The minimum Gasteiger partial charge on any atom is -0.297 e. The van der Waals surface area contributed by atoms with E-state index in [4.69, 9.17) is 5.26 Å². The Kier molecular flexibility index (Phi) is 4.41. The van der Waals surface area contributed by atoms with Crippen LogP contribution < -0.4 is 0 Å². The maximum absolute atomic E-state index is 8.76. The molecule has 0 aromatic carbocycles. The SMILES string of the molecule is CCC(CC#N)N1CCC(C)CC1C. The van der Waals surface area contributed by atoms with Crippen LogP contribution in [0.15, 0.2) is 0 Å². The molecule has 1 aliphatic rings. The summed E-state index contributed by atoms with van der Waals surface area (Å²) in [6.07, 6.45) is 4.38. The quantitative estimate of drug-likeness (QED) is 0.690. The molecule has 1 fully saturated rings. The molecule has 80 valence electrons. The Morgan fingerprint density at radius 1 is 1.50 bits per heavy atom. The van der Waals surface area contributed by atoms with Crippen molar-refractivity contribution in [1.82, 2.24) is 4.90 Å². The number of nitrogens with zero attached hydrogens (tertiary/aromatic N) is 2. The number of hydrogen-bond acceptors (Lipinski definition) is 2. The Labute approximate surface area is 87.9 Å². The zero-order valence-electron chi connectivity index (χ0n) is 9.66. The largest absolute Gasteiger partial charge is 0.297 e. The van der Waals surface area contributed by atoms with E-state index < -0.39 is 0 Å². The fourth-order valence-electron chi connectivity index (χ4n) is 2.57. The van der Waals surface area contributed by atoms with Crippen molar-refractivity contribution in [2.45, 2.75) is 58.5 Å². The average Bonchev–Trinajstić information content (AvgIpc) is 2.15. The first-order valence-electron chi connectivity index (χ1n) is 5.81. The Hall–Kier alpha value is -0.550. The molecule has 3 atom stereocenters. The first kappa shape index (κ1) is 11.5. The van der Waals surface area contributed by atoms with Crippen LogP contribution in [0.5, 0.6) is 0 Å². The molecule has 1 rings (SSSR count). The first-order chi connectivity index (χ1) is 6.69. The van der Waals surface area contributed by atoms with Gasteiger partial charge in [0.05, 0.1) is 12.5 Å². The number of rotatable bonds is 3. The normalized spacial score (nSPS) is 31.0. The Morgan fingerprint density at radius 3 is 2.71 bits per heavy atom. The van der Waals surface area contributed by atoms with Crippen molar-refractivity contribution in [2.75, 3.05) is 6.54 Å². The van der Waals surface area contributed by atoms with Gasteiger partial charge in [-0.25, -0.2) is 0 Å². The second-order valence-corrected chi connectivity index (χ2v) is 4.64. The molecule has 0 spiro atoms. The maximum atomic E-state index is 8.76. The van der Waals surface area contributed by atoms with Crippen LogP contribution in [0.2, 0.25) is 0 Å². The van der Waals surface area contributed by atoms with E-state index >= 15 is 0 Å². The lowest BCUT2D eigenvalue weighted by atomic mass is 9.91. The Balaban J connectivity index is 2.53. The predicted octanol–water partition coefficient (Wildman–Crippen LogP) is 2.80. The monoisotopic (exact) mass is 194 g/mol. The second-order valence-electron chi connectivity index (χ2n) is 4.64. The highest BCUT2D eigenvalue weighted by Crippen LogP contribution is 2.25. The van der Waals surface area contributed by atoms with Crippen LogP contribution >= 0.6 is 0 Å². The van der Waals surface area contributed by atoms with E-state index in [1.807, 2.05) is 0 Å². The van der Waals surface area contributed by atoms with E-state index in [0.717, 1.165) is 12.3 Å². The first-order valence-corrected chi connectivity index (χ1v) is 5.81. The Morgan fingerprint density at radius 2 is 2.21 bits per heavy atom. The van der Waals surface area contributed by atoms with E-state index in [2.05, 4.69) is 31.7 Å². The third kappa shape index (κ3) is 2.72. The van der Waals surface area contributed by atoms with Gasteiger partial charge in [-0.3, -0.25) is 4.90 Å². The highest BCUT2D eigenvalue weighted by molar-refractivity contribution is 4.87. The van der Waals surface area contributed by atoms with E-state index in [0.29, 0.717) is 18.5 Å². The molecular weight excluding hydrogens is 172 g/mol. The molecule has 0 saturated carbocycles. The van der Waals surface area contributed by atoms with Crippen LogP contribution in [0, 0.1) is 17.2 Å². The van der Waals surface area contributed by atoms with Gasteiger partial charge in [0, 0.05) is 12.1 Å². The smallest absolute Gasteiger partial charge is 0.0638 e. The molecule has 2 nitrogen and oxygen atoms in total. The number of nitriles is 1. The minimum atomic E-state index is 0.488. The molecule has 3 unspecified atom stereocenters. The molecule has 0 N–H and O–H groups in total.